The molecule has 0 spiro atoms. The molecule has 0 aliphatic rings. The van der Waals surface area contributed by atoms with Crippen LogP contribution in [0.5, 0.6) is 0 Å². The number of aromatic nitrogens is 2. The lowest BCUT2D eigenvalue weighted by Gasteiger charge is -2.14. The smallest absolute Gasteiger partial charge is 0.0788 e. The number of para-hydroxylation sites is 2. The van der Waals surface area contributed by atoms with Crippen LogP contribution in [0.25, 0.3) is 98.8 Å². The summed E-state index contributed by atoms with van der Waals surface area (Å²) >= 11 is 0. The minimum absolute atomic E-state index is 1.15. The largest absolute Gasteiger partial charge is 0.307 e. The Hall–Kier alpha value is -6.90. The van der Waals surface area contributed by atoms with Crippen molar-refractivity contribution in [2.75, 3.05) is 0 Å². The zero-order chi connectivity index (χ0) is 34.2. The summed E-state index contributed by atoms with van der Waals surface area (Å²) in [5, 5.41) is 9.97. The summed E-state index contributed by atoms with van der Waals surface area (Å²) in [6, 6.07) is 71.0. The van der Waals surface area contributed by atoms with E-state index in [-0.39, 0.29) is 0 Å². The molecule has 11 aromatic rings. The highest BCUT2D eigenvalue weighted by Gasteiger charge is 2.21. The molecule has 0 aliphatic carbocycles. The first kappa shape index (κ1) is 28.9. The lowest BCUT2D eigenvalue weighted by atomic mass is 10.0. The van der Waals surface area contributed by atoms with E-state index in [2.05, 4.69) is 203 Å². The Bertz CT molecular complexity index is 3160. The van der Waals surface area contributed by atoms with Gasteiger partial charge >= 0.3 is 0 Å². The van der Waals surface area contributed by atoms with Gasteiger partial charge in [0.1, 0.15) is 0 Å². The van der Waals surface area contributed by atoms with Crippen LogP contribution in [-0.4, -0.2) is 9.13 Å². The first-order valence-corrected chi connectivity index (χ1v) is 17.9. The number of nitrogens with zero attached hydrogens (tertiary/aromatic N) is 2. The van der Waals surface area contributed by atoms with Gasteiger partial charge in [-0.2, -0.15) is 0 Å². The van der Waals surface area contributed by atoms with E-state index in [9.17, 15) is 0 Å². The van der Waals surface area contributed by atoms with Gasteiger partial charge in [-0.05, 0) is 92.3 Å². The summed E-state index contributed by atoms with van der Waals surface area (Å²) in [5.41, 5.74) is 12.0. The fourth-order valence-electron chi connectivity index (χ4n) is 8.39. The maximum absolute atomic E-state index is 2.48. The van der Waals surface area contributed by atoms with Crippen LogP contribution in [-0.2, 0) is 0 Å². The number of hydrogen-bond acceptors (Lipinski definition) is 0. The molecule has 2 heteroatoms. The second kappa shape index (κ2) is 11.3. The van der Waals surface area contributed by atoms with E-state index in [0.717, 1.165) is 11.4 Å². The Morgan fingerprint density at radius 1 is 0.250 bits per heavy atom. The molecule has 0 aliphatic heterocycles. The Morgan fingerprint density at radius 3 is 1.37 bits per heavy atom. The van der Waals surface area contributed by atoms with Crippen molar-refractivity contribution in [3.63, 3.8) is 0 Å². The molecule has 0 amide bonds. The lowest BCUT2D eigenvalue weighted by molar-refractivity contribution is 1.15. The molecular formula is C50H32N2. The van der Waals surface area contributed by atoms with Gasteiger partial charge in [0.25, 0.3) is 0 Å². The highest BCUT2D eigenvalue weighted by atomic mass is 15.0. The lowest BCUT2D eigenvalue weighted by Crippen LogP contribution is -1.99. The van der Waals surface area contributed by atoms with Crippen molar-refractivity contribution in [1.82, 2.24) is 9.13 Å². The van der Waals surface area contributed by atoms with Crippen molar-refractivity contribution in [2.24, 2.45) is 0 Å². The van der Waals surface area contributed by atoms with Gasteiger partial charge in [-0.3, -0.25) is 0 Å². The van der Waals surface area contributed by atoms with Crippen LogP contribution in [0.15, 0.2) is 194 Å². The first-order valence-electron chi connectivity index (χ1n) is 17.9. The zero-order valence-electron chi connectivity index (χ0n) is 28.4. The quantitative estimate of drug-likeness (QED) is 0.178. The van der Waals surface area contributed by atoms with E-state index in [1.54, 1.807) is 0 Å². The summed E-state index contributed by atoms with van der Waals surface area (Å²) in [5.74, 6) is 0. The molecule has 0 atom stereocenters. The Kier molecular flexibility index (Phi) is 6.28. The fraction of sp³-hybridized carbons (Fsp3) is 0. The molecule has 0 fully saturated rings. The minimum Gasteiger partial charge on any atom is -0.307 e. The van der Waals surface area contributed by atoms with Crippen molar-refractivity contribution < 1.29 is 0 Å². The van der Waals surface area contributed by atoms with Crippen molar-refractivity contribution in [1.29, 1.82) is 0 Å². The molecule has 0 bridgehead atoms. The van der Waals surface area contributed by atoms with Gasteiger partial charge in [0.2, 0.25) is 0 Å². The summed E-state index contributed by atoms with van der Waals surface area (Å²) in [6.45, 7) is 0. The van der Waals surface area contributed by atoms with Gasteiger partial charge in [-0.25, -0.2) is 0 Å². The molecule has 0 saturated carbocycles. The number of hydrogen-bond donors (Lipinski definition) is 0. The monoisotopic (exact) mass is 660 g/mol. The first-order chi connectivity index (χ1) is 25.8. The predicted octanol–water partition coefficient (Wildman–Crippen LogP) is 13.5. The fourth-order valence-corrected chi connectivity index (χ4v) is 8.39. The summed E-state index contributed by atoms with van der Waals surface area (Å²) in [4.78, 5) is 0. The molecule has 0 unspecified atom stereocenters. The maximum atomic E-state index is 2.48. The SMILES string of the molecule is c1ccc(-c2ccc3cc(-n4c5ccccc5c5ccc6c7ccccc7n(-c7ccc(-c8ccc9ccccc9c8)cc7)c6c54)ccc3c2)cc1. The highest BCUT2D eigenvalue weighted by Crippen LogP contribution is 2.42. The molecule has 0 radical (unpaired) electrons. The molecule has 2 heterocycles. The van der Waals surface area contributed by atoms with Crippen LogP contribution >= 0.6 is 0 Å². The molecule has 9 aromatic carbocycles. The average Bonchev–Trinajstić information content (AvgIpc) is 3.74. The Labute approximate surface area is 301 Å². The number of benzene rings is 9. The number of rotatable bonds is 4. The molecule has 11 rings (SSSR count). The summed E-state index contributed by atoms with van der Waals surface area (Å²) in [7, 11) is 0. The van der Waals surface area contributed by atoms with Gasteiger partial charge < -0.3 is 9.13 Å². The normalized spacial score (nSPS) is 11.8. The van der Waals surface area contributed by atoms with Crippen molar-refractivity contribution >= 4 is 65.2 Å². The van der Waals surface area contributed by atoms with Crippen molar-refractivity contribution in [3.8, 4) is 33.6 Å². The third kappa shape index (κ3) is 4.38. The standard InChI is InChI=1S/C50H32N2/c1-2-10-33(11-3-1)37-20-21-40-32-42(27-24-39(40)31-37)52-48-17-9-7-15-44(48)46-29-28-45-43-14-6-8-16-47(43)51(49(45)50(46)52)41-25-22-35(23-26-41)38-19-18-34-12-4-5-13-36(34)30-38/h1-32H. The maximum Gasteiger partial charge on any atom is 0.0788 e. The van der Waals surface area contributed by atoms with Crippen molar-refractivity contribution in [2.45, 2.75) is 0 Å². The van der Waals surface area contributed by atoms with E-state index in [4.69, 9.17) is 0 Å². The summed E-state index contributed by atoms with van der Waals surface area (Å²) in [6.07, 6.45) is 0. The molecule has 0 saturated heterocycles. The minimum atomic E-state index is 1.15. The Balaban J connectivity index is 1.15. The topological polar surface area (TPSA) is 9.86 Å². The van der Waals surface area contributed by atoms with Crippen LogP contribution in [0.2, 0.25) is 0 Å². The van der Waals surface area contributed by atoms with Crippen LogP contribution in [0.4, 0.5) is 0 Å². The molecule has 2 nitrogen and oxygen atoms in total. The summed E-state index contributed by atoms with van der Waals surface area (Å²) < 4.78 is 4.95. The van der Waals surface area contributed by atoms with Crippen LogP contribution in [0.1, 0.15) is 0 Å². The van der Waals surface area contributed by atoms with E-state index in [1.807, 2.05) is 0 Å². The van der Waals surface area contributed by atoms with Gasteiger partial charge in [0, 0.05) is 32.9 Å². The molecule has 2 aromatic heterocycles. The number of fused-ring (bicyclic) bond motifs is 9. The molecule has 52 heavy (non-hydrogen) atoms. The predicted molar refractivity (Wildman–Crippen MR) is 221 cm³/mol. The zero-order valence-corrected chi connectivity index (χ0v) is 28.4. The van der Waals surface area contributed by atoms with E-state index in [1.165, 1.54) is 87.4 Å². The molecule has 0 N–H and O–H groups in total. The third-order valence-electron chi connectivity index (χ3n) is 10.9. The van der Waals surface area contributed by atoms with E-state index < -0.39 is 0 Å². The van der Waals surface area contributed by atoms with Crippen LogP contribution < -0.4 is 0 Å². The van der Waals surface area contributed by atoms with E-state index in [0.29, 0.717) is 0 Å². The van der Waals surface area contributed by atoms with Gasteiger partial charge in [0.05, 0.1) is 22.1 Å². The van der Waals surface area contributed by atoms with E-state index >= 15 is 0 Å². The molecular weight excluding hydrogens is 629 g/mol. The Morgan fingerprint density at radius 2 is 0.692 bits per heavy atom. The van der Waals surface area contributed by atoms with Gasteiger partial charge in [-0.1, -0.05) is 146 Å². The van der Waals surface area contributed by atoms with Crippen LogP contribution in [0, 0.1) is 0 Å². The van der Waals surface area contributed by atoms with Gasteiger partial charge in [-0.15, -0.1) is 0 Å². The molecule has 242 valence electrons. The highest BCUT2D eigenvalue weighted by molar-refractivity contribution is 6.24. The second-order valence-corrected chi connectivity index (χ2v) is 13.8. The average molecular weight is 661 g/mol. The second-order valence-electron chi connectivity index (χ2n) is 13.8. The third-order valence-corrected chi connectivity index (χ3v) is 10.9. The van der Waals surface area contributed by atoms with Gasteiger partial charge in [0.15, 0.2) is 0 Å². The van der Waals surface area contributed by atoms with Crippen molar-refractivity contribution in [3.05, 3.63) is 194 Å². The van der Waals surface area contributed by atoms with Crippen LogP contribution in [0.3, 0.4) is 0 Å².